The van der Waals surface area contributed by atoms with Gasteiger partial charge in [0.05, 0.1) is 11.1 Å². The van der Waals surface area contributed by atoms with E-state index in [1.165, 1.54) is 4.90 Å². The average molecular weight is 291 g/mol. The molecule has 0 saturated carbocycles. The van der Waals surface area contributed by atoms with Gasteiger partial charge in [-0.25, -0.2) is 20.0 Å². The number of amides is 4. The fourth-order valence-electron chi connectivity index (χ4n) is 2.09. The maximum absolute atomic E-state index is 12.0. The Morgan fingerprint density at radius 3 is 2.14 bits per heavy atom. The van der Waals surface area contributed by atoms with Gasteiger partial charge >= 0.3 is 6.03 Å². The molecule has 4 amide bonds. The standard InChI is InChI=1S/C14H17N3O4/c1-3-16(4-2)14(20)15-21-9-17-12(18)10-7-5-6-8-11(10)13(17)19/h5-8H,3-4,9H2,1-2H3,(H,15,20). The molecule has 1 heterocycles. The van der Waals surface area contributed by atoms with Crippen molar-refractivity contribution in [3.05, 3.63) is 35.4 Å². The topological polar surface area (TPSA) is 79.0 Å². The lowest BCUT2D eigenvalue weighted by atomic mass is 10.1. The highest BCUT2D eigenvalue weighted by Gasteiger charge is 2.35. The van der Waals surface area contributed by atoms with Crippen molar-refractivity contribution >= 4 is 17.8 Å². The van der Waals surface area contributed by atoms with E-state index in [2.05, 4.69) is 5.48 Å². The molecule has 1 N–H and O–H groups in total. The quantitative estimate of drug-likeness (QED) is 0.653. The number of nitrogens with one attached hydrogen (secondary N) is 1. The first-order valence-corrected chi connectivity index (χ1v) is 6.72. The molecule has 0 aliphatic carbocycles. The molecule has 7 nitrogen and oxygen atoms in total. The van der Waals surface area contributed by atoms with Crippen LogP contribution in [0.25, 0.3) is 0 Å². The lowest BCUT2D eigenvalue weighted by Gasteiger charge is -2.20. The van der Waals surface area contributed by atoms with Gasteiger partial charge in [-0.05, 0) is 26.0 Å². The molecule has 1 aromatic rings. The Morgan fingerprint density at radius 2 is 1.67 bits per heavy atom. The minimum absolute atomic E-state index is 0.320. The number of carbonyl (C=O) groups is 3. The van der Waals surface area contributed by atoms with Crippen molar-refractivity contribution in [2.24, 2.45) is 0 Å². The van der Waals surface area contributed by atoms with E-state index in [9.17, 15) is 14.4 Å². The van der Waals surface area contributed by atoms with Gasteiger partial charge in [-0.3, -0.25) is 9.59 Å². The van der Waals surface area contributed by atoms with Crippen molar-refractivity contribution in [2.45, 2.75) is 13.8 Å². The normalized spacial score (nSPS) is 13.3. The monoisotopic (exact) mass is 291 g/mol. The van der Waals surface area contributed by atoms with Crippen molar-refractivity contribution in [1.82, 2.24) is 15.3 Å². The van der Waals surface area contributed by atoms with Crippen LogP contribution >= 0.6 is 0 Å². The molecule has 0 fully saturated rings. The van der Waals surface area contributed by atoms with Gasteiger partial charge in [0.25, 0.3) is 11.8 Å². The van der Waals surface area contributed by atoms with Crippen LogP contribution < -0.4 is 5.48 Å². The molecular weight excluding hydrogens is 274 g/mol. The fraction of sp³-hybridized carbons (Fsp3) is 0.357. The summed E-state index contributed by atoms with van der Waals surface area (Å²) in [6, 6.07) is 6.15. The summed E-state index contributed by atoms with van der Waals surface area (Å²) in [6.07, 6.45) is 0. The van der Waals surface area contributed by atoms with Crippen molar-refractivity contribution in [3.8, 4) is 0 Å². The molecule has 7 heteroatoms. The SMILES string of the molecule is CCN(CC)C(=O)NOCN1C(=O)c2ccccc2C1=O. The summed E-state index contributed by atoms with van der Waals surface area (Å²) >= 11 is 0. The molecule has 0 aromatic heterocycles. The zero-order valence-corrected chi connectivity index (χ0v) is 12.0. The van der Waals surface area contributed by atoms with Gasteiger partial charge in [0, 0.05) is 13.1 Å². The maximum Gasteiger partial charge on any atom is 0.341 e. The van der Waals surface area contributed by atoms with Crippen LogP contribution in [0.5, 0.6) is 0 Å². The molecule has 0 bridgehead atoms. The Bertz CT molecular complexity index is 534. The number of fused-ring (bicyclic) bond motifs is 1. The lowest BCUT2D eigenvalue weighted by Crippen LogP contribution is -2.42. The summed E-state index contributed by atoms with van der Waals surface area (Å²) in [4.78, 5) is 43.2. The van der Waals surface area contributed by atoms with Gasteiger partial charge in [-0.15, -0.1) is 0 Å². The number of rotatable bonds is 5. The van der Waals surface area contributed by atoms with E-state index in [0.29, 0.717) is 24.2 Å². The van der Waals surface area contributed by atoms with Crippen molar-refractivity contribution in [2.75, 3.05) is 19.8 Å². The van der Waals surface area contributed by atoms with Crippen LogP contribution in [0.15, 0.2) is 24.3 Å². The zero-order chi connectivity index (χ0) is 15.4. The maximum atomic E-state index is 12.0. The zero-order valence-electron chi connectivity index (χ0n) is 12.0. The molecule has 1 aliphatic heterocycles. The number of nitrogens with zero attached hydrogens (tertiary/aromatic N) is 2. The minimum Gasteiger partial charge on any atom is -0.324 e. The summed E-state index contributed by atoms with van der Waals surface area (Å²) < 4.78 is 0. The van der Waals surface area contributed by atoms with E-state index in [-0.39, 0.29) is 6.73 Å². The Hall–Kier alpha value is -2.41. The molecule has 21 heavy (non-hydrogen) atoms. The first-order chi connectivity index (χ1) is 10.1. The summed E-state index contributed by atoms with van der Waals surface area (Å²) in [5, 5.41) is 0. The largest absolute Gasteiger partial charge is 0.341 e. The van der Waals surface area contributed by atoms with Crippen molar-refractivity contribution in [1.29, 1.82) is 0 Å². The molecule has 0 atom stereocenters. The third kappa shape index (κ3) is 2.87. The van der Waals surface area contributed by atoms with Gasteiger partial charge in [-0.1, -0.05) is 12.1 Å². The second-order valence-corrected chi connectivity index (χ2v) is 4.44. The first kappa shape index (κ1) is 15.0. The van der Waals surface area contributed by atoms with Crippen molar-refractivity contribution in [3.63, 3.8) is 0 Å². The third-order valence-electron chi connectivity index (χ3n) is 3.28. The van der Waals surface area contributed by atoms with E-state index in [1.807, 2.05) is 13.8 Å². The highest BCUT2D eigenvalue weighted by Crippen LogP contribution is 2.21. The predicted molar refractivity (Wildman–Crippen MR) is 74.3 cm³/mol. The molecule has 0 spiro atoms. The Labute approximate surface area is 122 Å². The molecule has 0 saturated heterocycles. The van der Waals surface area contributed by atoms with E-state index >= 15 is 0 Å². The second-order valence-electron chi connectivity index (χ2n) is 4.44. The summed E-state index contributed by atoms with van der Waals surface area (Å²) in [6.45, 7) is 4.44. The van der Waals surface area contributed by atoms with Gasteiger partial charge < -0.3 is 4.90 Å². The first-order valence-electron chi connectivity index (χ1n) is 6.72. The molecule has 0 unspecified atom stereocenters. The smallest absolute Gasteiger partial charge is 0.324 e. The minimum atomic E-state index is -0.423. The van der Waals surface area contributed by atoms with E-state index in [4.69, 9.17) is 4.84 Å². The van der Waals surface area contributed by atoms with Crippen LogP contribution in [-0.2, 0) is 4.84 Å². The van der Waals surface area contributed by atoms with Gasteiger partial charge in [0.15, 0.2) is 6.73 Å². The van der Waals surface area contributed by atoms with Crippen molar-refractivity contribution < 1.29 is 19.2 Å². The number of hydrogen-bond acceptors (Lipinski definition) is 4. The summed E-state index contributed by atoms with van der Waals surface area (Å²) in [5.41, 5.74) is 2.92. The second kappa shape index (κ2) is 6.36. The highest BCUT2D eigenvalue weighted by atomic mass is 16.7. The van der Waals surface area contributed by atoms with E-state index in [0.717, 1.165) is 4.90 Å². The molecule has 112 valence electrons. The average Bonchev–Trinajstić information content (AvgIpc) is 2.74. The van der Waals surface area contributed by atoms with Crippen LogP contribution in [0.4, 0.5) is 4.79 Å². The van der Waals surface area contributed by atoms with E-state index in [1.54, 1.807) is 24.3 Å². The number of benzene rings is 1. The third-order valence-corrected chi connectivity index (χ3v) is 3.28. The van der Waals surface area contributed by atoms with E-state index < -0.39 is 17.8 Å². The lowest BCUT2D eigenvalue weighted by molar-refractivity contribution is -0.00822. The number of hydrogen-bond donors (Lipinski definition) is 1. The van der Waals surface area contributed by atoms with Crippen LogP contribution in [0.2, 0.25) is 0 Å². The van der Waals surface area contributed by atoms with Gasteiger partial charge in [0.1, 0.15) is 0 Å². The Kier molecular flexibility index (Phi) is 4.54. The number of carbonyl (C=O) groups excluding carboxylic acids is 3. The molecule has 1 aromatic carbocycles. The highest BCUT2D eigenvalue weighted by molar-refractivity contribution is 6.21. The molecule has 2 rings (SSSR count). The number of imide groups is 1. The molecule has 0 radical (unpaired) electrons. The molecular formula is C14H17N3O4. The van der Waals surface area contributed by atoms with Gasteiger partial charge in [0.2, 0.25) is 0 Å². The summed E-state index contributed by atoms with van der Waals surface area (Å²) in [7, 11) is 0. The van der Waals surface area contributed by atoms with Crippen LogP contribution in [0.1, 0.15) is 34.6 Å². The fourth-order valence-corrected chi connectivity index (χ4v) is 2.09. The van der Waals surface area contributed by atoms with Crippen LogP contribution in [0, 0.1) is 0 Å². The Morgan fingerprint density at radius 1 is 1.14 bits per heavy atom. The van der Waals surface area contributed by atoms with Crippen LogP contribution in [0.3, 0.4) is 0 Å². The number of urea groups is 1. The van der Waals surface area contributed by atoms with Crippen LogP contribution in [-0.4, -0.2) is 47.5 Å². The van der Waals surface area contributed by atoms with Gasteiger partial charge in [-0.2, -0.15) is 0 Å². The molecule has 1 aliphatic rings. The summed E-state index contributed by atoms with van der Waals surface area (Å²) in [5.74, 6) is -0.847. The number of hydroxylamine groups is 1. The predicted octanol–water partition coefficient (Wildman–Crippen LogP) is 1.22. The Balaban J connectivity index is 1.93.